The maximum absolute atomic E-state index is 6.77. The van der Waals surface area contributed by atoms with Crippen molar-refractivity contribution >= 4 is 43.5 Å². The van der Waals surface area contributed by atoms with Gasteiger partial charge < -0.3 is 4.42 Å². The summed E-state index contributed by atoms with van der Waals surface area (Å²) in [6.45, 7) is 0. The minimum atomic E-state index is 0.669. The van der Waals surface area contributed by atoms with Gasteiger partial charge in [0.1, 0.15) is 11.2 Å². The summed E-state index contributed by atoms with van der Waals surface area (Å²) < 4.78 is 6.77. The Hall–Kier alpha value is -6.84. The van der Waals surface area contributed by atoms with Gasteiger partial charge >= 0.3 is 0 Å². The van der Waals surface area contributed by atoms with E-state index in [2.05, 4.69) is 164 Å². The Kier molecular flexibility index (Phi) is 6.81. The highest BCUT2D eigenvalue weighted by Crippen LogP contribution is 2.41. The summed E-state index contributed by atoms with van der Waals surface area (Å²) in [5, 5.41) is 6.83. The molecule has 0 N–H and O–H groups in total. The van der Waals surface area contributed by atoms with Crippen molar-refractivity contribution in [2.45, 2.75) is 0 Å². The van der Waals surface area contributed by atoms with Crippen LogP contribution in [0.3, 0.4) is 0 Å². The summed E-state index contributed by atoms with van der Waals surface area (Å²) in [6.07, 6.45) is 0. The van der Waals surface area contributed by atoms with Gasteiger partial charge in [-0.15, -0.1) is 0 Å². The van der Waals surface area contributed by atoms with Gasteiger partial charge in [0, 0.05) is 27.5 Å². The Morgan fingerprint density at radius 2 is 0.882 bits per heavy atom. The summed E-state index contributed by atoms with van der Waals surface area (Å²) in [6, 6.07) is 63.9. The van der Waals surface area contributed by atoms with E-state index in [1.807, 2.05) is 18.2 Å². The van der Waals surface area contributed by atoms with Gasteiger partial charge in [0.15, 0.2) is 5.82 Å². The fraction of sp³-hybridized carbons (Fsp3) is 0. The maximum atomic E-state index is 6.77. The smallest absolute Gasteiger partial charge is 0.160 e. The average Bonchev–Trinajstić information content (AvgIpc) is 3.57. The van der Waals surface area contributed by atoms with Crippen LogP contribution in [0.25, 0.3) is 99.6 Å². The van der Waals surface area contributed by atoms with Crippen molar-refractivity contribution in [3.05, 3.63) is 182 Å². The molecule has 0 aliphatic rings. The van der Waals surface area contributed by atoms with E-state index in [0.717, 1.165) is 71.9 Å². The van der Waals surface area contributed by atoms with E-state index in [-0.39, 0.29) is 0 Å². The largest absolute Gasteiger partial charge is 0.455 e. The lowest BCUT2D eigenvalue weighted by molar-refractivity contribution is 0.670. The van der Waals surface area contributed by atoms with Gasteiger partial charge in [-0.3, -0.25) is 0 Å². The van der Waals surface area contributed by atoms with Crippen LogP contribution in [0.1, 0.15) is 0 Å². The highest BCUT2D eigenvalue weighted by molar-refractivity contribution is 6.14. The molecule has 3 nitrogen and oxygen atoms in total. The second-order valence-electron chi connectivity index (χ2n) is 13.0. The lowest BCUT2D eigenvalue weighted by Crippen LogP contribution is -1.96. The van der Waals surface area contributed by atoms with Crippen molar-refractivity contribution in [1.82, 2.24) is 9.97 Å². The molecule has 0 atom stereocenters. The molecule has 0 aliphatic carbocycles. The van der Waals surface area contributed by atoms with E-state index in [4.69, 9.17) is 14.4 Å². The van der Waals surface area contributed by atoms with Crippen LogP contribution in [0.4, 0.5) is 0 Å². The molecule has 0 aliphatic heterocycles. The van der Waals surface area contributed by atoms with Crippen LogP contribution in [-0.2, 0) is 0 Å². The van der Waals surface area contributed by atoms with Crippen LogP contribution in [0.5, 0.6) is 0 Å². The maximum Gasteiger partial charge on any atom is 0.160 e. The third-order valence-corrected chi connectivity index (χ3v) is 9.82. The number of rotatable bonds is 5. The van der Waals surface area contributed by atoms with Gasteiger partial charge in [-0.1, -0.05) is 140 Å². The topological polar surface area (TPSA) is 38.9 Å². The number of benzene rings is 8. The van der Waals surface area contributed by atoms with E-state index < -0.39 is 0 Å². The fourth-order valence-corrected chi connectivity index (χ4v) is 7.22. The minimum absolute atomic E-state index is 0.669. The van der Waals surface area contributed by atoms with Crippen LogP contribution >= 0.6 is 0 Å². The van der Waals surface area contributed by atoms with Crippen molar-refractivity contribution < 1.29 is 4.42 Å². The van der Waals surface area contributed by atoms with Crippen LogP contribution < -0.4 is 0 Å². The molecule has 51 heavy (non-hydrogen) atoms. The summed E-state index contributed by atoms with van der Waals surface area (Å²) in [4.78, 5) is 10.4. The normalized spacial score (nSPS) is 11.5. The number of nitrogens with zero attached hydrogens (tertiary/aromatic N) is 2. The lowest BCUT2D eigenvalue weighted by atomic mass is 9.96. The molecule has 0 bridgehead atoms. The van der Waals surface area contributed by atoms with Gasteiger partial charge in [0.2, 0.25) is 0 Å². The Bertz CT molecular complexity index is 2890. The molecule has 2 heterocycles. The van der Waals surface area contributed by atoms with Crippen LogP contribution in [0.2, 0.25) is 0 Å². The molecular formula is C48H30N2O. The molecule has 0 radical (unpaired) electrons. The first-order chi connectivity index (χ1) is 25.2. The highest BCUT2D eigenvalue weighted by Gasteiger charge is 2.19. The van der Waals surface area contributed by atoms with Crippen molar-refractivity contribution in [2.24, 2.45) is 0 Å². The number of hydrogen-bond donors (Lipinski definition) is 0. The monoisotopic (exact) mass is 650 g/mol. The first kappa shape index (κ1) is 29.1. The SMILES string of the molecule is c1ccc(-c2ccc3cc(-c4cc(-c5cc(-c6ccccc6)cc6c5oc5cc7ccccc7cc56)nc(-c5ccccc5)n4)ccc3c2)cc1. The van der Waals surface area contributed by atoms with Crippen LogP contribution in [0.15, 0.2) is 186 Å². The minimum Gasteiger partial charge on any atom is -0.455 e. The first-order valence-electron chi connectivity index (χ1n) is 17.2. The summed E-state index contributed by atoms with van der Waals surface area (Å²) >= 11 is 0. The summed E-state index contributed by atoms with van der Waals surface area (Å²) in [5.74, 6) is 0.669. The molecule has 0 saturated carbocycles. The Balaban J connectivity index is 1.20. The first-order valence-corrected chi connectivity index (χ1v) is 17.2. The fourth-order valence-electron chi connectivity index (χ4n) is 7.22. The Morgan fingerprint density at radius 3 is 1.59 bits per heavy atom. The predicted octanol–water partition coefficient (Wildman–Crippen LogP) is 13.0. The molecule has 0 amide bonds. The second kappa shape index (κ2) is 11.9. The molecular weight excluding hydrogens is 621 g/mol. The molecule has 0 unspecified atom stereocenters. The zero-order valence-corrected chi connectivity index (χ0v) is 27.6. The molecule has 238 valence electrons. The van der Waals surface area contributed by atoms with Crippen molar-refractivity contribution in [3.8, 4) is 56.2 Å². The molecule has 10 aromatic rings. The van der Waals surface area contributed by atoms with Gasteiger partial charge in [-0.25, -0.2) is 9.97 Å². The molecule has 3 heteroatoms. The van der Waals surface area contributed by atoms with E-state index in [9.17, 15) is 0 Å². The van der Waals surface area contributed by atoms with Crippen molar-refractivity contribution in [3.63, 3.8) is 0 Å². The number of furan rings is 1. The molecule has 10 rings (SSSR count). The molecule has 2 aromatic heterocycles. The van der Waals surface area contributed by atoms with E-state index >= 15 is 0 Å². The summed E-state index contributed by atoms with van der Waals surface area (Å²) in [7, 11) is 0. The van der Waals surface area contributed by atoms with E-state index in [0.29, 0.717) is 5.82 Å². The number of fused-ring (bicyclic) bond motifs is 5. The summed E-state index contributed by atoms with van der Waals surface area (Å²) in [5.41, 5.74) is 10.9. The quantitative estimate of drug-likeness (QED) is 0.186. The lowest BCUT2D eigenvalue weighted by Gasteiger charge is -2.12. The number of aromatic nitrogens is 2. The molecule has 8 aromatic carbocycles. The van der Waals surface area contributed by atoms with Gasteiger partial charge in [0.25, 0.3) is 0 Å². The standard InChI is InChI=1S/C48H30N2O/c1-4-12-31(13-5-1)36-20-21-38-25-39(23-22-37(38)24-36)44-30-45(50-48(49-44)33-16-8-3-9-17-33)43-28-40(32-14-6-2-7-15-32)27-42-41-26-34-18-10-11-19-35(34)29-46(41)51-47(42)43/h1-30H. The van der Waals surface area contributed by atoms with Crippen molar-refractivity contribution in [2.75, 3.05) is 0 Å². The zero-order chi connectivity index (χ0) is 33.7. The van der Waals surface area contributed by atoms with Gasteiger partial charge in [-0.2, -0.15) is 0 Å². The van der Waals surface area contributed by atoms with Crippen LogP contribution in [0, 0.1) is 0 Å². The van der Waals surface area contributed by atoms with Gasteiger partial charge in [0.05, 0.1) is 11.4 Å². The van der Waals surface area contributed by atoms with E-state index in [1.54, 1.807) is 0 Å². The molecule has 0 spiro atoms. The third-order valence-electron chi connectivity index (χ3n) is 9.82. The zero-order valence-electron chi connectivity index (χ0n) is 27.6. The Labute approximate surface area is 295 Å². The van der Waals surface area contributed by atoms with E-state index in [1.165, 1.54) is 21.9 Å². The second-order valence-corrected chi connectivity index (χ2v) is 13.0. The highest BCUT2D eigenvalue weighted by atomic mass is 16.3. The predicted molar refractivity (Wildman–Crippen MR) is 212 cm³/mol. The van der Waals surface area contributed by atoms with Crippen LogP contribution in [-0.4, -0.2) is 9.97 Å². The molecule has 0 fully saturated rings. The van der Waals surface area contributed by atoms with Crippen molar-refractivity contribution in [1.29, 1.82) is 0 Å². The third kappa shape index (κ3) is 5.24. The van der Waals surface area contributed by atoms with Gasteiger partial charge in [-0.05, 0) is 86.3 Å². The average molecular weight is 651 g/mol. The number of hydrogen-bond acceptors (Lipinski definition) is 3. The Morgan fingerprint density at radius 1 is 0.333 bits per heavy atom. The molecule has 0 saturated heterocycles.